The van der Waals surface area contributed by atoms with Gasteiger partial charge in [-0.2, -0.15) is 0 Å². The predicted molar refractivity (Wildman–Crippen MR) is 77.7 cm³/mol. The molecule has 2 rings (SSSR count). The van der Waals surface area contributed by atoms with Crippen molar-refractivity contribution in [3.63, 3.8) is 0 Å². The average Bonchev–Trinajstić information content (AvgIpc) is 3.29. The second-order valence-corrected chi connectivity index (χ2v) is 5.44. The predicted octanol–water partition coefficient (Wildman–Crippen LogP) is 1.92. The quantitative estimate of drug-likeness (QED) is 0.767. The zero-order valence-electron chi connectivity index (χ0n) is 12.2. The van der Waals surface area contributed by atoms with Crippen LogP contribution in [-0.4, -0.2) is 30.2 Å². The Morgan fingerprint density at radius 3 is 2.52 bits per heavy atom. The van der Waals surface area contributed by atoms with Crippen LogP contribution in [0.4, 0.5) is 0 Å². The highest BCUT2D eigenvalue weighted by molar-refractivity contribution is 5.88. The van der Waals surface area contributed by atoms with E-state index in [1.54, 1.807) is 31.2 Å². The minimum Gasteiger partial charge on any atom is -0.479 e. The van der Waals surface area contributed by atoms with Gasteiger partial charge in [-0.1, -0.05) is 37.3 Å². The second kappa shape index (κ2) is 6.72. The molecule has 1 aromatic rings. The molecule has 0 saturated heterocycles. The van der Waals surface area contributed by atoms with Crippen molar-refractivity contribution in [2.75, 3.05) is 13.2 Å². The SMILES string of the molecule is CCC(NC(=O)COCC1CC1)(C(=O)O)c1ccccc1. The maximum Gasteiger partial charge on any atom is 0.334 e. The summed E-state index contributed by atoms with van der Waals surface area (Å²) in [5, 5.41) is 12.2. The molecule has 0 bridgehead atoms. The van der Waals surface area contributed by atoms with Crippen molar-refractivity contribution in [1.29, 1.82) is 0 Å². The maximum atomic E-state index is 12.0. The number of hydrogen-bond donors (Lipinski definition) is 2. The van der Waals surface area contributed by atoms with Crippen LogP contribution in [0.5, 0.6) is 0 Å². The van der Waals surface area contributed by atoms with Crippen LogP contribution >= 0.6 is 0 Å². The highest BCUT2D eigenvalue weighted by atomic mass is 16.5. The molecule has 0 aromatic heterocycles. The van der Waals surface area contributed by atoms with Crippen LogP contribution in [0.15, 0.2) is 30.3 Å². The molecule has 114 valence electrons. The molecule has 0 heterocycles. The summed E-state index contributed by atoms with van der Waals surface area (Å²) in [5.74, 6) is -0.891. The van der Waals surface area contributed by atoms with E-state index in [4.69, 9.17) is 4.74 Å². The van der Waals surface area contributed by atoms with Crippen molar-refractivity contribution < 1.29 is 19.4 Å². The van der Waals surface area contributed by atoms with E-state index in [0.29, 0.717) is 18.1 Å². The van der Waals surface area contributed by atoms with Crippen LogP contribution in [-0.2, 0) is 19.9 Å². The van der Waals surface area contributed by atoms with Crippen LogP contribution in [0, 0.1) is 5.92 Å². The average molecular weight is 291 g/mol. The van der Waals surface area contributed by atoms with Gasteiger partial charge in [0.25, 0.3) is 0 Å². The topological polar surface area (TPSA) is 75.6 Å². The van der Waals surface area contributed by atoms with Crippen molar-refractivity contribution >= 4 is 11.9 Å². The van der Waals surface area contributed by atoms with Gasteiger partial charge in [0.05, 0.1) is 6.61 Å². The summed E-state index contributed by atoms with van der Waals surface area (Å²) < 4.78 is 5.32. The Labute approximate surface area is 124 Å². The molecule has 0 aliphatic heterocycles. The monoisotopic (exact) mass is 291 g/mol. The Morgan fingerprint density at radius 1 is 1.33 bits per heavy atom. The van der Waals surface area contributed by atoms with E-state index in [9.17, 15) is 14.7 Å². The molecule has 1 aliphatic rings. The third-order valence-electron chi connectivity index (χ3n) is 3.80. The summed E-state index contributed by atoms with van der Waals surface area (Å²) in [6.07, 6.45) is 2.57. The van der Waals surface area contributed by atoms with Crippen molar-refractivity contribution in [1.82, 2.24) is 5.32 Å². The third kappa shape index (κ3) is 3.82. The van der Waals surface area contributed by atoms with E-state index in [-0.39, 0.29) is 13.0 Å². The molecule has 1 fully saturated rings. The summed E-state index contributed by atoms with van der Waals surface area (Å²) in [5.41, 5.74) is -0.836. The van der Waals surface area contributed by atoms with Gasteiger partial charge in [-0.3, -0.25) is 4.79 Å². The number of carboxylic acids is 1. The Bertz CT molecular complexity index is 498. The third-order valence-corrected chi connectivity index (χ3v) is 3.80. The Balaban J connectivity index is 2.04. The number of carboxylic acid groups (broad SMARTS) is 1. The van der Waals surface area contributed by atoms with Gasteiger partial charge >= 0.3 is 5.97 Å². The fourth-order valence-electron chi connectivity index (χ4n) is 2.29. The van der Waals surface area contributed by atoms with Gasteiger partial charge in [0, 0.05) is 0 Å². The molecule has 1 saturated carbocycles. The normalized spacial score (nSPS) is 17.0. The molecule has 21 heavy (non-hydrogen) atoms. The fourth-order valence-corrected chi connectivity index (χ4v) is 2.29. The van der Waals surface area contributed by atoms with E-state index >= 15 is 0 Å². The number of benzene rings is 1. The summed E-state index contributed by atoms with van der Waals surface area (Å²) in [7, 11) is 0. The molecule has 5 heteroatoms. The van der Waals surface area contributed by atoms with Gasteiger partial charge < -0.3 is 15.2 Å². The first-order chi connectivity index (χ1) is 10.1. The lowest BCUT2D eigenvalue weighted by atomic mass is 9.87. The maximum absolute atomic E-state index is 12.0. The molecule has 5 nitrogen and oxygen atoms in total. The Hall–Kier alpha value is -1.88. The lowest BCUT2D eigenvalue weighted by Gasteiger charge is -2.30. The molecule has 1 aromatic carbocycles. The number of rotatable bonds is 8. The number of aliphatic carboxylic acids is 1. The first-order valence-corrected chi connectivity index (χ1v) is 7.26. The van der Waals surface area contributed by atoms with Gasteiger partial charge in [-0.05, 0) is 30.7 Å². The summed E-state index contributed by atoms with van der Waals surface area (Å²) in [4.78, 5) is 23.7. The van der Waals surface area contributed by atoms with Crippen LogP contribution in [0.25, 0.3) is 0 Å². The van der Waals surface area contributed by atoms with E-state index in [1.165, 1.54) is 0 Å². The lowest BCUT2D eigenvalue weighted by Crippen LogP contribution is -2.52. The van der Waals surface area contributed by atoms with Crippen LogP contribution in [0.2, 0.25) is 0 Å². The minimum absolute atomic E-state index is 0.0988. The van der Waals surface area contributed by atoms with Gasteiger partial charge in [-0.15, -0.1) is 0 Å². The van der Waals surface area contributed by atoms with Crippen molar-refractivity contribution in [2.24, 2.45) is 5.92 Å². The van der Waals surface area contributed by atoms with Crippen molar-refractivity contribution in [2.45, 2.75) is 31.7 Å². The van der Waals surface area contributed by atoms with Gasteiger partial charge in [0.15, 0.2) is 5.54 Å². The smallest absolute Gasteiger partial charge is 0.334 e. The van der Waals surface area contributed by atoms with Crippen LogP contribution in [0.1, 0.15) is 31.7 Å². The standard InChI is InChI=1S/C16H21NO4/c1-2-16(15(19)20,13-6-4-3-5-7-13)17-14(18)11-21-10-12-8-9-12/h3-7,12H,2,8-11H2,1H3,(H,17,18)(H,19,20). The molecular formula is C16H21NO4. The number of carbonyl (C=O) groups is 2. The zero-order chi connectivity index (χ0) is 15.3. The van der Waals surface area contributed by atoms with E-state index in [0.717, 1.165) is 12.8 Å². The molecule has 0 radical (unpaired) electrons. The second-order valence-electron chi connectivity index (χ2n) is 5.44. The van der Waals surface area contributed by atoms with E-state index in [1.807, 2.05) is 6.07 Å². The van der Waals surface area contributed by atoms with E-state index in [2.05, 4.69) is 5.32 Å². The highest BCUT2D eigenvalue weighted by Crippen LogP contribution is 2.29. The summed E-state index contributed by atoms with van der Waals surface area (Å²) in [6.45, 7) is 2.22. The lowest BCUT2D eigenvalue weighted by molar-refractivity contribution is -0.149. The molecule has 1 aliphatic carbocycles. The van der Waals surface area contributed by atoms with Crippen LogP contribution in [0.3, 0.4) is 0 Å². The Morgan fingerprint density at radius 2 is 2.00 bits per heavy atom. The molecular weight excluding hydrogens is 270 g/mol. The first-order valence-electron chi connectivity index (χ1n) is 7.26. The number of ether oxygens (including phenoxy) is 1. The van der Waals surface area contributed by atoms with Gasteiger partial charge in [-0.25, -0.2) is 4.79 Å². The highest BCUT2D eigenvalue weighted by Gasteiger charge is 2.40. The fraction of sp³-hybridized carbons (Fsp3) is 0.500. The van der Waals surface area contributed by atoms with Crippen molar-refractivity contribution in [3.05, 3.63) is 35.9 Å². The molecule has 0 spiro atoms. The van der Waals surface area contributed by atoms with Crippen LogP contribution < -0.4 is 5.32 Å². The van der Waals surface area contributed by atoms with E-state index < -0.39 is 17.4 Å². The number of amides is 1. The zero-order valence-corrected chi connectivity index (χ0v) is 12.2. The van der Waals surface area contributed by atoms with Gasteiger partial charge in [0.2, 0.25) is 5.91 Å². The van der Waals surface area contributed by atoms with Crippen molar-refractivity contribution in [3.8, 4) is 0 Å². The number of hydrogen-bond acceptors (Lipinski definition) is 3. The molecule has 1 atom stereocenters. The molecule has 2 N–H and O–H groups in total. The summed E-state index contributed by atoms with van der Waals surface area (Å²) in [6, 6.07) is 8.76. The number of carbonyl (C=O) groups excluding carboxylic acids is 1. The largest absolute Gasteiger partial charge is 0.479 e. The molecule has 1 amide bonds. The number of nitrogens with one attached hydrogen (secondary N) is 1. The Kier molecular flexibility index (Phi) is 4.96. The molecule has 1 unspecified atom stereocenters. The summed E-state index contributed by atoms with van der Waals surface area (Å²) >= 11 is 0. The van der Waals surface area contributed by atoms with Gasteiger partial charge in [0.1, 0.15) is 6.61 Å². The minimum atomic E-state index is -1.40. The first kappa shape index (κ1) is 15.5.